The highest BCUT2D eigenvalue weighted by atomic mass is 16.4. The number of amides is 2. The second kappa shape index (κ2) is 9.36. The van der Waals surface area contributed by atoms with Crippen molar-refractivity contribution in [2.24, 2.45) is 5.41 Å². The summed E-state index contributed by atoms with van der Waals surface area (Å²) in [5, 5.41) is 3.31. The molecule has 3 fully saturated rings. The van der Waals surface area contributed by atoms with Gasteiger partial charge in [-0.15, -0.1) is 0 Å². The van der Waals surface area contributed by atoms with Crippen LogP contribution in [0.25, 0.3) is 11.1 Å². The molecule has 0 saturated carbocycles. The topological polar surface area (TPSA) is 81.9 Å². The number of fused-ring (bicyclic) bond motifs is 3. The molecule has 0 spiro atoms. The third-order valence-corrected chi connectivity index (χ3v) is 8.40. The number of rotatable bonds is 3. The first-order valence-electron chi connectivity index (χ1n) is 13.5. The van der Waals surface area contributed by atoms with Gasteiger partial charge in [0.2, 0.25) is 5.91 Å². The Hall–Kier alpha value is -2.61. The Labute approximate surface area is 214 Å². The molecular formula is C28H41N5O3. The lowest BCUT2D eigenvalue weighted by Crippen LogP contribution is -2.60. The minimum absolute atomic E-state index is 0.0454. The monoisotopic (exact) mass is 495 g/mol. The Morgan fingerprint density at radius 3 is 2.31 bits per heavy atom. The molecular weight excluding hydrogens is 454 g/mol. The molecule has 3 aliphatic heterocycles. The predicted molar refractivity (Wildman–Crippen MR) is 141 cm³/mol. The summed E-state index contributed by atoms with van der Waals surface area (Å²) in [5.41, 5.74) is 1.37. The number of piperazine rings is 1. The minimum Gasteiger partial charge on any atom is -0.423 e. The number of nitrogens with zero attached hydrogens (tertiary/aromatic N) is 4. The van der Waals surface area contributed by atoms with Crippen LogP contribution in [0, 0.1) is 5.41 Å². The van der Waals surface area contributed by atoms with Crippen molar-refractivity contribution >= 4 is 28.9 Å². The second-order valence-corrected chi connectivity index (χ2v) is 12.3. The van der Waals surface area contributed by atoms with E-state index in [2.05, 4.69) is 36.0 Å². The van der Waals surface area contributed by atoms with E-state index in [1.807, 2.05) is 43.9 Å². The van der Waals surface area contributed by atoms with Crippen LogP contribution >= 0.6 is 0 Å². The molecule has 3 aliphatic rings. The summed E-state index contributed by atoms with van der Waals surface area (Å²) in [6, 6.07) is 7.49. The van der Waals surface area contributed by atoms with Crippen LogP contribution in [0.1, 0.15) is 77.1 Å². The van der Waals surface area contributed by atoms with Gasteiger partial charge < -0.3 is 24.4 Å². The van der Waals surface area contributed by atoms with Gasteiger partial charge in [-0.3, -0.25) is 9.59 Å². The maximum Gasteiger partial charge on any atom is 0.299 e. The molecule has 4 atom stereocenters. The van der Waals surface area contributed by atoms with Crippen LogP contribution in [0.3, 0.4) is 0 Å². The van der Waals surface area contributed by atoms with Gasteiger partial charge in [0.05, 0.1) is 5.56 Å². The first kappa shape index (κ1) is 25.1. The smallest absolute Gasteiger partial charge is 0.299 e. The van der Waals surface area contributed by atoms with Crippen LogP contribution < -0.4 is 10.2 Å². The maximum atomic E-state index is 13.4. The highest BCUT2D eigenvalue weighted by molar-refractivity contribution is 6.04. The molecule has 4 unspecified atom stereocenters. The molecule has 2 aromatic rings. The Morgan fingerprint density at radius 2 is 1.69 bits per heavy atom. The normalized spacial score (nSPS) is 29.4. The van der Waals surface area contributed by atoms with Crippen molar-refractivity contribution < 1.29 is 14.0 Å². The van der Waals surface area contributed by atoms with E-state index in [1.54, 1.807) is 0 Å². The molecule has 2 amide bonds. The number of carbonyl (C=O) groups excluding carboxylic acids is 2. The van der Waals surface area contributed by atoms with Crippen molar-refractivity contribution in [1.82, 2.24) is 20.1 Å². The van der Waals surface area contributed by atoms with E-state index in [-0.39, 0.29) is 29.9 Å². The van der Waals surface area contributed by atoms with Crippen LogP contribution in [-0.4, -0.2) is 76.9 Å². The molecule has 3 saturated heterocycles. The molecule has 8 nitrogen and oxygen atoms in total. The minimum atomic E-state index is -0.409. The largest absolute Gasteiger partial charge is 0.423 e. The number of anilines is 1. The average molecular weight is 496 g/mol. The van der Waals surface area contributed by atoms with E-state index >= 15 is 0 Å². The van der Waals surface area contributed by atoms with Crippen LogP contribution in [0.5, 0.6) is 0 Å². The van der Waals surface area contributed by atoms with Gasteiger partial charge in [-0.05, 0) is 58.7 Å². The zero-order valence-corrected chi connectivity index (χ0v) is 22.6. The molecule has 8 heteroatoms. The Morgan fingerprint density at radius 1 is 1.06 bits per heavy atom. The Balaban J connectivity index is 1.34. The van der Waals surface area contributed by atoms with Gasteiger partial charge in [-0.25, -0.2) is 0 Å². The van der Waals surface area contributed by atoms with E-state index < -0.39 is 5.41 Å². The van der Waals surface area contributed by atoms with E-state index in [9.17, 15) is 9.59 Å². The standard InChI is InChI=1S/C28H41N5O3/c1-17-15-32(26(35)28(3,4)5)16-18(2)33(17)27-30-24-22(11-8-12-23(24)36-27)25(34)29-19-13-20-9-7-10-21(14-19)31(20)6/h8,11-12,17-21H,7,9-10,13-16H2,1-6H3,(H,29,34). The summed E-state index contributed by atoms with van der Waals surface area (Å²) in [7, 11) is 2.23. The van der Waals surface area contributed by atoms with Crippen LogP contribution in [0.15, 0.2) is 22.6 Å². The second-order valence-electron chi connectivity index (χ2n) is 12.3. The van der Waals surface area contributed by atoms with E-state index in [1.165, 1.54) is 19.3 Å². The zero-order chi connectivity index (χ0) is 25.8. The lowest BCUT2D eigenvalue weighted by molar-refractivity contribution is -0.140. The number of carbonyl (C=O) groups is 2. The molecule has 0 aliphatic carbocycles. The molecule has 1 aromatic heterocycles. The van der Waals surface area contributed by atoms with Crippen LogP contribution in [0.4, 0.5) is 6.01 Å². The summed E-state index contributed by atoms with van der Waals surface area (Å²) in [5.74, 6) is 0.0881. The quantitative estimate of drug-likeness (QED) is 0.692. The summed E-state index contributed by atoms with van der Waals surface area (Å²) < 4.78 is 6.19. The lowest BCUT2D eigenvalue weighted by Gasteiger charge is -2.47. The van der Waals surface area contributed by atoms with Gasteiger partial charge in [-0.1, -0.05) is 33.3 Å². The highest BCUT2D eigenvalue weighted by Crippen LogP contribution is 2.34. The molecule has 5 rings (SSSR count). The summed E-state index contributed by atoms with van der Waals surface area (Å²) in [4.78, 5) is 37.7. The highest BCUT2D eigenvalue weighted by Gasteiger charge is 2.39. The van der Waals surface area contributed by atoms with Crippen LogP contribution in [0.2, 0.25) is 0 Å². The van der Waals surface area contributed by atoms with Gasteiger partial charge in [0.1, 0.15) is 5.52 Å². The van der Waals surface area contributed by atoms with Crippen molar-refractivity contribution in [2.45, 2.75) is 96.9 Å². The fraction of sp³-hybridized carbons (Fsp3) is 0.679. The van der Waals surface area contributed by atoms with Gasteiger partial charge in [0.25, 0.3) is 11.9 Å². The van der Waals surface area contributed by atoms with Crippen molar-refractivity contribution in [1.29, 1.82) is 0 Å². The first-order chi connectivity index (χ1) is 17.0. The number of hydrogen-bond donors (Lipinski definition) is 1. The lowest BCUT2D eigenvalue weighted by atomic mass is 9.82. The molecule has 36 heavy (non-hydrogen) atoms. The molecule has 1 aromatic carbocycles. The van der Waals surface area contributed by atoms with E-state index in [0.29, 0.717) is 47.9 Å². The molecule has 196 valence electrons. The molecule has 0 radical (unpaired) electrons. The fourth-order valence-electron chi connectivity index (χ4n) is 6.57. The van der Waals surface area contributed by atoms with Gasteiger partial charge in [0.15, 0.2) is 5.58 Å². The fourth-order valence-corrected chi connectivity index (χ4v) is 6.57. The number of piperidine rings is 2. The third-order valence-electron chi connectivity index (χ3n) is 8.40. The van der Waals surface area contributed by atoms with Gasteiger partial charge in [0, 0.05) is 48.7 Å². The maximum absolute atomic E-state index is 13.4. The van der Waals surface area contributed by atoms with Crippen LogP contribution in [-0.2, 0) is 4.79 Å². The molecule has 4 heterocycles. The van der Waals surface area contributed by atoms with Gasteiger partial charge in [-0.2, -0.15) is 4.98 Å². The van der Waals surface area contributed by atoms with Crippen molar-refractivity contribution in [2.75, 3.05) is 25.0 Å². The third kappa shape index (κ3) is 4.60. The number of aromatic nitrogens is 1. The summed E-state index contributed by atoms with van der Waals surface area (Å²) >= 11 is 0. The van der Waals surface area contributed by atoms with Crippen molar-refractivity contribution in [3.05, 3.63) is 23.8 Å². The Bertz CT molecular complexity index is 1110. The summed E-state index contributed by atoms with van der Waals surface area (Å²) in [6.45, 7) is 11.3. The predicted octanol–water partition coefficient (Wildman–Crippen LogP) is 4.04. The van der Waals surface area contributed by atoms with E-state index in [0.717, 1.165) is 12.8 Å². The molecule has 2 bridgehead atoms. The van der Waals surface area contributed by atoms with E-state index in [4.69, 9.17) is 9.40 Å². The van der Waals surface area contributed by atoms with Crippen molar-refractivity contribution in [3.8, 4) is 0 Å². The number of oxazole rings is 1. The summed E-state index contributed by atoms with van der Waals surface area (Å²) in [6.07, 6.45) is 5.73. The number of benzene rings is 1. The average Bonchev–Trinajstić information content (AvgIpc) is 3.21. The number of nitrogens with one attached hydrogen (secondary N) is 1. The van der Waals surface area contributed by atoms with Crippen molar-refractivity contribution in [3.63, 3.8) is 0 Å². The zero-order valence-electron chi connectivity index (χ0n) is 22.6. The molecule has 1 N–H and O–H groups in total. The number of hydrogen-bond acceptors (Lipinski definition) is 6. The Kier molecular flexibility index (Phi) is 6.52. The SMILES string of the molecule is CC1CN(C(=O)C(C)(C)C)CC(C)N1c1nc2c(C(=O)NC3CC4CCCC(C3)N4C)cccc2o1. The first-order valence-corrected chi connectivity index (χ1v) is 13.5. The van der Waals surface area contributed by atoms with Gasteiger partial charge >= 0.3 is 0 Å². The number of para-hydroxylation sites is 1.